The molecule has 3 heteroatoms. The summed E-state index contributed by atoms with van der Waals surface area (Å²) in [5.74, 6) is 0.315. The van der Waals surface area contributed by atoms with E-state index in [9.17, 15) is 5.11 Å². The first kappa shape index (κ1) is 11.7. The molecule has 1 heterocycles. The van der Waals surface area contributed by atoms with Crippen LogP contribution in [-0.4, -0.2) is 9.67 Å². The lowest BCUT2D eigenvalue weighted by molar-refractivity contribution is 0.472. The van der Waals surface area contributed by atoms with Crippen molar-refractivity contribution in [3.63, 3.8) is 0 Å². The lowest BCUT2D eigenvalue weighted by Gasteiger charge is -2.14. The topological polar surface area (TPSA) is 37.2 Å². The van der Waals surface area contributed by atoms with Gasteiger partial charge in [-0.2, -0.15) is 0 Å². The highest BCUT2D eigenvalue weighted by Crippen LogP contribution is 2.18. The molecule has 0 radical (unpaired) electrons. The van der Waals surface area contributed by atoms with Crippen molar-refractivity contribution in [1.82, 2.24) is 9.88 Å². The average Bonchev–Trinajstić information content (AvgIpc) is 2.72. The third-order valence-electron chi connectivity index (χ3n) is 3.01. The summed E-state index contributed by atoms with van der Waals surface area (Å²) in [6.07, 6.45) is 2.04. The fourth-order valence-corrected chi connectivity index (χ4v) is 1.85. The van der Waals surface area contributed by atoms with Gasteiger partial charge in [0, 0.05) is 31.5 Å². The molecule has 0 fully saturated rings. The Hall–Kier alpha value is -1.74. The molecule has 1 unspecified atom stereocenters. The van der Waals surface area contributed by atoms with Crippen LogP contribution in [0.4, 0.5) is 0 Å². The van der Waals surface area contributed by atoms with Gasteiger partial charge in [-0.25, -0.2) is 0 Å². The van der Waals surface area contributed by atoms with Crippen molar-refractivity contribution in [3.8, 4) is 5.75 Å². The van der Waals surface area contributed by atoms with Crippen molar-refractivity contribution in [1.29, 1.82) is 0 Å². The van der Waals surface area contributed by atoms with Crippen molar-refractivity contribution >= 4 is 0 Å². The summed E-state index contributed by atoms with van der Waals surface area (Å²) in [5.41, 5.74) is 2.34. The molecule has 0 saturated carbocycles. The van der Waals surface area contributed by atoms with Crippen LogP contribution in [0.3, 0.4) is 0 Å². The molecule has 2 N–H and O–H groups in total. The van der Waals surface area contributed by atoms with Crippen LogP contribution in [0.2, 0.25) is 0 Å². The molecule has 2 aromatic rings. The Morgan fingerprint density at radius 1 is 1.29 bits per heavy atom. The number of aromatic hydroxyl groups is 1. The van der Waals surface area contributed by atoms with Crippen molar-refractivity contribution in [2.45, 2.75) is 19.5 Å². The Morgan fingerprint density at radius 3 is 2.76 bits per heavy atom. The molecule has 1 atom stereocenters. The van der Waals surface area contributed by atoms with E-state index in [4.69, 9.17) is 0 Å². The van der Waals surface area contributed by atoms with Gasteiger partial charge < -0.3 is 15.0 Å². The molecular weight excluding hydrogens is 212 g/mol. The van der Waals surface area contributed by atoms with Gasteiger partial charge in [-0.05, 0) is 36.8 Å². The molecule has 1 aromatic carbocycles. The lowest BCUT2D eigenvalue weighted by Crippen LogP contribution is -2.19. The fraction of sp³-hybridized carbons (Fsp3) is 0.286. The first-order valence-corrected chi connectivity index (χ1v) is 5.79. The number of rotatable bonds is 4. The molecule has 2 rings (SSSR count). The number of aromatic nitrogens is 1. The van der Waals surface area contributed by atoms with Crippen LogP contribution in [0.25, 0.3) is 0 Å². The summed E-state index contributed by atoms with van der Waals surface area (Å²) in [4.78, 5) is 0. The zero-order valence-corrected chi connectivity index (χ0v) is 10.2. The minimum Gasteiger partial charge on any atom is -0.508 e. The van der Waals surface area contributed by atoms with Crippen LogP contribution >= 0.6 is 0 Å². The Labute approximate surface area is 102 Å². The van der Waals surface area contributed by atoms with Gasteiger partial charge in [0.05, 0.1) is 0 Å². The maximum atomic E-state index is 9.43. The summed E-state index contributed by atoms with van der Waals surface area (Å²) in [5, 5.41) is 12.9. The third-order valence-corrected chi connectivity index (χ3v) is 3.01. The highest BCUT2D eigenvalue weighted by atomic mass is 16.3. The van der Waals surface area contributed by atoms with Crippen LogP contribution in [0.15, 0.2) is 42.6 Å². The number of nitrogens with one attached hydrogen (secondary N) is 1. The molecular formula is C14H18N2O. The molecule has 0 aliphatic rings. The van der Waals surface area contributed by atoms with Gasteiger partial charge >= 0.3 is 0 Å². The van der Waals surface area contributed by atoms with Crippen LogP contribution in [-0.2, 0) is 13.6 Å². The molecule has 90 valence electrons. The zero-order chi connectivity index (χ0) is 12.3. The number of hydrogen-bond donors (Lipinski definition) is 2. The Kier molecular flexibility index (Phi) is 3.49. The number of aryl methyl sites for hydroxylation is 1. The van der Waals surface area contributed by atoms with Crippen molar-refractivity contribution in [2.24, 2.45) is 7.05 Å². The highest BCUT2D eigenvalue weighted by molar-refractivity contribution is 5.29. The van der Waals surface area contributed by atoms with E-state index < -0.39 is 0 Å². The van der Waals surface area contributed by atoms with E-state index in [0.717, 1.165) is 12.1 Å². The summed E-state index contributed by atoms with van der Waals surface area (Å²) < 4.78 is 2.10. The smallest absolute Gasteiger partial charge is 0.115 e. The van der Waals surface area contributed by atoms with Crippen molar-refractivity contribution in [3.05, 3.63) is 53.9 Å². The Morgan fingerprint density at radius 2 is 2.12 bits per heavy atom. The summed E-state index contributed by atoms with van der Waals surface area (Å²) in [7, 11) is 2.04. The average molecular weight is 230 g/mol. The van der Waals surface area contributed by atoms with Crippen LogP contribution < -0.4 is 5.32 Å². The fourth-order valence-electron chi connectivity index (χ4n) is 1.85. The largest absolute Gasteiger partial charge is 0.508 e. The first-order valence-electron chi connectivity index (χ1n) is 5.79. The van der Waals surface area contributed by atoms with Gasteiger partial charge in [0.1, 0.15) is 5.75 Å². The SMILES string of the molecule is CC(NCc1cccn1C)c1cccc(O)c1. The van der Waals surface area contributed by atoms with E-state index in [-0.39, 0.29) is 6.04 Å². The second-order valence-electron chi connectivity index (χ2n) is 4.31. The van der Waals surface area contributed by atoms with E-state index in [1.54, 1.807) is 12.1 Å². The summed E-state index contributed by atoms with van der Waals surface area (Å²) in [6, 6.07) is 11.7. The maximum absolute atomic E-state index is 9.43. The molecule has 1 aromatic heterocycles. The Bertz CT molecular complexity index is 490. The molecule has 0 saturated heterocycles. The van der Waals surface area contributed by atoms with Crippen LogP contribution in [0, 0.1) is 0 Å². The normalized spacial score (nSPS) is 12.6. The number of phenols is 1. The monoisotopic (exact) mass is 230 g/mol. The van der Waals surface area contributed by atoms with E-state index in [0.29, 0.717) is 5.75 Å². The minimum atomic E-state index is 0.219. The summed E-state index contributed by atoms with van der Waals surface area (Å²) in [6.45, 7) is 2.91. The van der Waals surface area contributed by atoms with Gasteiger partial charge in [-0.15, -0.1) is 0 Å². The zero-order valence-electron chi connectivity index (χ0n) is 10.2. The standard InChI is InChI=1S/C14H18N2O/c1-11(12-5-3-7-14(17)9-12)15-10-13-6-4-8-16(13)2/h3-9,11,15,17H,10H2,1-2H3. The molecule has 0 spiro atoms. The molecule has 0 aliphatic heterocycles. The Balaban J connectivity index is 1.98. The van der Waals surface area contributed by atoms with E-state index in [1.165, 1.54) is 5.69 Å². The van der Waals surface area contributed by atoms with Gasteiger partial charge in [0.25, 0.3) is 0 Å². The maximum Gasteiger partial charge on any atom is 0.115 e. The quantitative estimate of drug-likeness (QED) is 0.847. The highest BCUT2D eigenvalue weighted by Gasteiger charge is 2.06. The van der Waals surface area contributed by atoms with Gasteiger partial charge in [0.15, 0.2) is 0 Å². The molecule has 17 heavy (non-hydrogen) atoms. The van der Waals surface area contributed by atoms with Crippen molar-refractivity contribution < 1.29 is 5.11 Å². The molecule has 0 amide bonds. The predicted molar refractivity (Wildman–Crippen MR) is 68.8 cm³/mol. The van der Waals surface area contributed by atoms with Gasteiger partial charge in [-0.3, -0.25) is 0 Å². The lowest BCUT2D eigenvalue weighted by atomic mass is 10.1. The number of benzene rings is 1. The van der Waals surface area contributed by atoms with Crippen LogP contribution in [0.1, 0.15) is 24.2 Å². The predicted octanol–water partition coefficient (Wildman–Crippen LogP) is 2.58. The minimum absolute atomic E-state index is 0.219. The number of nitrogens with zero attached hydrogens (tertiary/aromatic N) is 1. The number of phenolic OH excluding ortho intramolecular Hbond substituents is 1. The van der Waals surface area contributed by atoms with Gasteiger partial charge in [0.2, 0.25) is 0 Å². The second kappa shape index (κ2) is 5.06. The van der Waals surface area contributed by atoms with Crippen LogP contribution in [0.5, 0.6) is 5.75 Å². The second-order valence-corrected chi connectivity index (χ2v) is 4.31. The molecule has 3 nitrogen and oxygen atoms in total. The van der Waals surface area contributed by atoms with E-state index >= 15 is 0 Å². The van der Waals surface area contributed by atoms with Gasteiger partial charge in [-0.1, -0.05) is 12.1 Å². The third kappa shape index (κ3) is 2.88. The van der Waals surface area contributed by atoms with Crippen molar-refractivity contribution in [2.75, 3.05) is 0 Å². The summed E-state index contributed by atoms with van der Waals surface area (Å²) >= 11 is 0. The number of hydrogen-bond acceptors (Lipinski definition) is 2. The van der Waals surface area contributed by atoms with E-state index in [1.807, 2.05) is 31.4 Å². The molecule has 0 bridgehead atoms. The van der Waals surface area contributed by atoms with E-state index in [2.05, 4.69) is 22.9 Å². The first-order chi connectivity index (χ1) is 8.16. The molecule has 0 aliphatic carbocycles.